The van der Waals surface area contributed by atoms with Gasteiger partial charge in [-0.05, 0) is 42.7 Å². The predicted octanol–water partition coefficient (Wildman–Crippen LogP) is 3.86. The van der Waals surface area contributed by atoms with Gasteiger partial charge in [0.15, 0.2) is 0 Å². The van der Waals surface area contributed by atoms with Crippen LogP contribution in [0.15, 0.2) is 24.3 Å². The summed E-state index contributed by atoms with van der Waals surface area (Å²) in [5.41, 5.74) is 2.50. The molecular formula is C15H22O. The third-order valence-electron chi connectivity index (χ3n) is 3.42. The fourth-order valence-electron chi connectivity index (χ4n) is 2.10. The second-order valence-corrected chi connectivity index (χ2v) is 5.05. The molecule has 0 unspecified atom stereocenters. The molecule has 16 heavy (non-hydrogen) atoms. The van der Waals surface area contributed by atoms with Gasteiger partial charge in [-0.25, -0.2) is 0 Å². The van der Waals surface area contributed by atoms with Crippen LogP contribution in [0.3, 0.4) is 0 Å². The van der Waals surface area contributed by atoms with E-state index in [2.05, 4.69) is 31.2 Å². The Labute approximate surface area is 98.5 Å². The van der Waals surface area contributed by atoms with E-state index >= 15 is 0 Å². The van der Waals surface area contributed by atoms with E-state index in [0.717, 1.165) is 30.7 Å². The highest BCUT2D eigenvalue weighted by Gasteiger charge is 2.21. The predicted molar refractivity (Wildman–Crippen MR) is 67.4 cm³/mol. The second kappa shape index (κ2) is 5.49. The molecule has 2 rings (SSSR count). The molecule has 1 aromatic rings. The molecule has 1 heteroatoms. The van der Waals surface area contributed by atoms with Crippen molar-refractivity contribution < 1.29 is 5.11 Å². The quantitative estimate of drug-likeness (QED) is 0.768. The van der Waals surface area contributed by atoms with Crippen molar-refractivity contribution in [2.75, 3.05) is 0 Å². The van der Waals surface area contributed by atoms with Crippen LogP contribution in [-0.4, -0.2) is 5.11 Å². The van der Waals surface area contributed by atoms with Gasteiger partial charge in [-0.3, -0.25) is 0 Å². The number of unbranched alkanes of at least 4 members (excludes halogenated alkanes) is 1. The molecule has 1 nitrogen and oxygen atoms in total. The van der Waals surface area contributed by atoms with Gasteiger partial charge in [0.1, 0.15) is 0 Å². The summed E-state index contributed by atoms with van der Waals surface area (Å²) in [5, 5.41) is 9.94. The Bertz CT molecular complexity index is 311. The highest BCUT2D eigenvalue weighted by Crippen LogP contribution is 2.32. The van der Waals surface area contributed by atoms with Gasteiger partial charge < -0.3 is 5.11 Å². The van der Waals surface area contributed by atoms with Crippen LogP contribution in [0.2, 0.25) is 0 Å². The molecule has 1 fully saturated rings. The monoisotopic (exact) mass is 218 g/mol. The molecule has 0 spiro atoms. The van der Waals surface area contributed by atoms with Crippen molar-refractivity contribution in [1.29, 1.82) is 0 Å². The van der Waals surface area contributed by atoms with Crippen LogP contribution in [0.5, 0.6) is 0 Å². The van der Waals surface area contributed by atoms with Gasteiger partial charge in [0, 0.05) is 0 Å². The van der Waals surface area contributed by atoms with E-state index in [1.807, 2.05) is 0 Å². The molecule has 0 saturated heterocycles. The maximum Gasteiger partial charge on any atom is 0.0790 e. The Balaban J connectivity index is 1.89. The van der Waals surface area contributed by atoms with Gasteiger partial charge in [0.05, 0.1) is 6.10 Å². The van der Waals surface area contributed by atoms with Crippen molar-refractivity contribution in [1.82, 2.24) is 0 Å². The zero-order valence-corrected chi connectivity index (χ0v) is 10.2. The standard InChI is InChI=1S/C15H22O/c1-2-3-4-15(16)14-9-7-13(8-10-14)11-12-5-6-12/h7-10,12,15-16H,2-6,11H2,1H3/t15-/m1/s1. The lowest BCUT2D eigenvalue weighted by atomic mass is 10.0. The third-order valence-corrected chi connectivity index (χ3v) is 3.42. The molecule has 88 valence electrons. The zero-order valence-electron chi connectivity index (χ0n) is 10.2. The van der Waals surface area contributed by atoms with Crippen LogP contribution in [0.4, 0.5) is 0 Å². The molecule has 1 N–H and O–H groups in total. The van der Waals surface area contributed by atoms with E-state index in [0.29, 0.717) is 0 Å². The summed E-state index contributed by atoms with van der Waals surface area (Å²) in [5.74, 6) is 0.941. The van der Waals surface area contributed by atoms with Crippen LogP contribution < -0.4 is 0 Å². The molecule has 1 aliphatic carbocycles. The third kappa shape index (κ3) is 3.34. The van der Waals surface area contributed by atoms with Crippen LogP contribution in [0.25, 0.3) is 0 Å². The normalized spacial score (nSPS) is 17.4. The van der Waals surface area contributed by atoms with E-state index in [4.69, 9.17) is 0 Å². The molecule has 0 radical (unpaired) electrons. The van der Waals surface area contributed by atoms with Crippen LogP contribution in [0.1, 0.15) is 56.3 Å². The van der Waals surface area contributed by atoms with Crippen LogP contribution in [-0.2, 0) is 6.42 Å². The lowest BCUT2D eigenvalue weighted by Crippen LogP contribution is -1.97. The second-order valence-electron chi connectivity index (χ2n) is 5.05. The summed E-state index contributed by atoms with van der Waals surface area (Å²) < 4.78 is 0. The van der Waals surface area contributed by atoms with Gasteiger partial charge in [-0.2, -0.15) is 0 Å². The van der Waals surface area contributed by atoms with E-state index < -0.39 is 0 Å². The molecule has 1 aromatic carbocycles. The highest BCUT2D eigenvalue weighted by atomic mass is 16.3. The summed E-state index contributed by atoms with van der Waals surface area (Å²) in [7, 11) is 0. The van der Waals surface area contributed by atoms with Crippen molar-refractivity contribution in [2.45, 2.75) is 51.6 Å². The number of rotatable bonds is 6. The summed E-state index contributed by atoms with van der Waals surface area (Å²) in [6.45, 7) is 2.16. The molecule has 1 atom stereocenters. The molecule has 0 amide bonds. The number of aliphatic hydroxyl groups is 1. The molecule has 0 aliphatic heterocycles. The van der Waals surface area contributed by atoms with Crippen molar-refractivity contribution in [3.63, 3.8) is 0 Å². The fourth-order valence-corrected chi connectivity index (χ4v) is 2.10. The first-order valence-electron chi connectivity index (χ1n) is 6.56. The van der Waals surface area contributed by atoms with Gasteiger partial charge in [0.25, 0.3) is 0 Å². The Morgan fingerprint density at radius 3 is 2.50 bits per heavy atom. The lowest BCUT2D eigenvalue weighted by molar-refractivity contribution is 0.164. The molecule has 0 aromatic heterocycles. The summed E-state index contributed by atoms with van der Waals surface area (Å²) >= 11 is 0. The first-order chi connectivity index (χ1) is 7.79. The van der Waals surface area contributed by atoms with Crippen molar-refractivity contribution in [3.8, 4) is 0 Å². The largest absolute Gasteiger partial charge is 0.388 e. The van der Waals surface area contributed by atoms with Crippen LogP contribution >= 0.6 is 0 Å². The van der Waals surface area contributed by atoms with Gasteiger partial charge in [-0.1, -0.05) is 44.0 Å². The highest BCUT2D eigenvalue weighted by molar-refractivity contribution is 5.24. The Morgan fingerprint density at radius 1 is 1.25 bits per heavy atom. The first kappa shape index (κ1) is 11.7. The minimum absolute atomic E-state index is 0.269. The summed E-state index contributed by atoms with van der Waals surface area (Å²) in [6, 6.07) is 8.56. The Kier molecular flexibility index (Phi) is 4.00. The molecular weight excluding hydrogens is 196 g/mol. The van der Waals surface area contributed by atoms with E-state index in [9.17, 15) is 5.11 Å². The Hall–Kier alpha value is -0.820. The van der Waals surface area contributed by atoms with Gasteiger partial charge in [-0.15, -0.1) is 0 Å². The molecule has 0 bridgehead atoms. The maximum atomic E-state index is 9.94. The Morgan fingerprint density at radius 2 is 1.94 bits per heavy atom. The molecule has 1 saturated carbocycles. The molecule has 0 heterocycles. The molecule has 1 aliphatic rings. The number of aliphatic hydroxyl groups excluding tert-OH is 1. The van der Waals surface area contributed by atoms with Crippen LogP contribution in [0, 0.1) is 5.92 Å². The summed E-state index contributed by atoms with van der Waals surface area (Å²) in [6.07, 6.45) is 6.91. The fraction of sp³-hybridized carbons (Fsp3) is 0.600. The maximum absolute atomic E-state index is 9.94. The van der Waals surface area contributed by atoms with Gasteiger partial charge in [0.2, 0.25) is 0 Å². The number of hydrogen-bond acceptors (Lipinski definition) is 1. The van der Waals surface area contributed by atoms with E-state index in [-0.39, 0.29) is 6.10 Å². The average molecular weight is 218 g/mol. The first-order valence-corrected chi connectivity index (χ1v) is 6.56. The van der Waals surface area contributed by atoms with E-state index in [1.54, 1.807) is 0 Å². The van der Waals surface area contributed by atoms with Crippen molar-refractivity contribution >= 4 is 0 Å². The smallest absolute Gasteiger partial charge is 0.0790 e. The van der Waals surface area contributed by atoms with Crippen molar-refractivity contribution in [3.05, 3.63) is 35.4 Å². The number of benzene rings is 1. The van der Waals surface area contributed by atoms with Crippen molar-refractivity contribution in [2.24, 2.45) is 5.92 Å². The SMILES string of the molecule is CCCC[C@@H](O)c1ccc(CC2CC2)cc1. The lowest BCUT2D eigenvalue weighted by Gasteiger charge is -2.10. The minimum Gasteiger partial charge on any atom is -0.388 e. The topological polar surface area (TPSA) is 20.2 Å². The van der Waals surface area contributed by atoms with Gasteiger partial charge >= 0.3 is 0 Å². The average Bonchev–Trinajstić information content (AvgIpc) is 3.11. The van der Waals surface area contributed by atoms with E-state index in [1.165, 1.54) is 24.8 Å². The minimum atomic E-state index is -0.269. The number of hydrogen-bond donors (Lipinski definition) is 1. The summed E-state index contributed by atoms with van der Waals surface area (Å²) in [4.78, 5) is 0. The zero-order chi connectivity index (χ0) is 11.4.